The van der Waals surface area contributed by atoms with Crippen molar-refractivity contribution in [1.82, 2.24) is 10.6 Å². The highest BCUT2D eigenvalue weighted by atomic mass is 16.1. The average molecular weight is 250 g/mol. The summed E-state index contributed by atoms with van der Waals surface area (Å²) in [4.78, 5) is 21.5. The van der Waals surface area contributed by atoms with Crippen molar-refractivity contribution in [3.8, 4) is 0 Å². The molecule has 0 aliphatic heterocycles. The van der Waals surface area contributed by atoms with Crippen LogP contribution >= 0.6 is 0 Å². The minimum Gasteiger partial charge on any atom is -0.359 e. The molecule has 2 amide bonds. The van der Waals surface area contributed by atoms with Gasteiger partial charge in [-0.1, -0.05) is 25.2 Å². The van der Waals surface area contributed by atoms with Crippen LogP contribution in [0.25, 0.3) is 0 Å². The number of hydrogen-bond acceptors (Lipinski definition) is 2. The Balaban J connectivity index is 2.06. The van der Waals surface area contributed by atoms with Gasteiger partial charge in [0.2, 0.25) is 12.3 Å². The largest absolute Gasteiger partial charge is 0.359 e. The second kappa shape index (κ2) is 8.50. The zero-order chi connectivity index (χ0) is 13.2. The summed E-state index contributed by atoms with van der Waals surface area (Å²) in [6.45, 7) is 3.44. The van der Waals surface area contributed by atoms with E-state index in [1.807, 2.05) is 0 Å². The van der Waals surface area contributed by atoms with Gasteiger partial charge in [-0.3, -0.25) is 9.59 Å². The fraction of sp³-hybridized carbons (Fsp3) is 0.571. The van der Waals surface area contributed by atoms with Gasteiger partial charge in [-0.15, -0.1) is 0 Å². The van der Waals surface area contributed by atoms with Crippen molar-refractivity contribution in [3.05, 3.63) is 23.8 Å². The first-order valence-corrected chi connectivity index (χ1v) is 6.53. The van der Waals surface area contributed by atoms with Crippen LogP contribution < -0.4 is 10.6 Å². The first kappa shape index (κ1) is 14.5. The molecule has 0 fully saturated rings. The molecule has 0 spiro atoms. The summed E-state index contributed by atoms with van der Waals surface area (Å²) in [7, 11) is 0. The van der Waals surface area contributed by atoms with Crippen molar-refractivity contribution in [1.29, 1.82) is 0 Å². The summed E-state index contributed by atoms with van der Waals surface area (Å²) in [5.41, 5.74) is 1.18. The normalized spacial score (nSPS) is 18.1. The molecule has 0 aromatic carbocycles. The second-order valence-corrected chi connectivity index (χ2v) is 4.66. The van der Waals surface area contributed by atoms with E-state index in [1.165, 1.54) is 5.57 Å². The molecule has 0 bridgehead atoms. The molecule has 4 nitrogen and oxygen atoms in total. The van der Waals surface area contributed by atoms with Crippen LogP contribution in [-0.4, -0.2) is 25.4 Å². The van der Waals surface area contributed by atoms with E-state index >= 15 is 0 Å². The van der Waals surface area contributed by atoms with Crippen molar-refractivity contribution >= 4 is 12.3 Å². The number of allylic oxidation sites excluding steroid dienone is 2. The molecule has 0 aromatic rings. The molecule has 1 aliphatic carbocycles. The van der Waals surface area contributed by atoms with Gasteiger partial charge < -0.3 is 10.6 Å². The summed E-state index contributed by atoms with van der Waals surface area (Å²) in [6, 6.07) is 0. The van der Waals surface area contributed by atoms with Crippen molar-refractivity contribution in [2.75, 3.05) is 13.1 Å². The Kier molecular flexibility index (Phi) is 6.84. The van der Waals surface area contributed by atoms with Gasteiger partial charge in [0.25, 0.3) is 0 Å². The Morgan fingerprint density at radius 2 is 2.33 bits per heavy atom. The lowest BCUT2D eigenvalue weighted by Gasteiger charge is -2.12. The highest BCUT2D eigenvalue weighted by molar-refractivity contribution is 5.76. The molecule has 18 heavy (non-hydrogen) atoms. The van der Waals surface area contributed by atoms with E-state index in [9.17, 15) is 9.59 Å². The first-order valence-electron chi connectivity index (χ1n) is 6.53. The smallest absolute Gasteiger partial charge is 0.220 e. The molecule has 4 heteroatoms. The van der Waals surface area contributed by atoms with E-state index in [2.05, 4.69) is 35.8 Å². The fourth-order valence-electron chi connectivity index (χ4n) is 1.76. The quantitative estimate of drug-likeness (QED) is 0.507. The number of nitrogens with one attached hydrogen (secondary N) is 2. The van der Waals surface area contributed by atoms with Gasteiger partial charge in [-0.25, -0.2) is 0 Å². The van der Waals surface area contributed by atoms with Gasteiger partial charge >= 0.3 is 0 Å². The monoisotopic (exact) mass is 250 g/mol. The average Bonchev–Trinajstić information content (AvgIpc) is 2.38. The van der Waals surface area contributed by atoms with Crippen LogP contribution in [-0.2, 0) is 9.59 Å². The lowest BCUT2D eigenvalue weighted by Crippen LogP contribution is -2.25. The number of rotatable bonds is 8. The van der Waals surface area contributed by atoms with E-state index in [0.29, 0.717) is 31.8 Å². The highest BCUT2D eigenvalue weighted by Gasteiger charge is 2.05. The van der Waals surface area contributed by atoms with E-state index in [1.54, 1.807) is 0 Å². The highest BCUT2D eigenvalue weighted by Crippen LogP contribution is 2.14. The molecule has 0 radical (unpaired) electrons. The minimum atomic E-state index is 0.0778. The summed E-state index contributed by atoms with van der Waals surface area (Å²) < 4.78 is 0. The first-order chi connectivity index (χ1) is 8.72. The lowest BCUT2D eigenvalue weighted by molar-refractivity contribution is -0.121. The summed E-state index contributed by atoms with van der Waals surface area (Å²) in [5, 5.41) is 5.49. The van der Waals surface area contributed by atoms with Gasteiger partial charge in [0, 0.05) is 19.5 Å². The lowest BCUT2D eigenvalue weighted by atomic mass is 9.98. The maximum Gasteiger partial charge on any atom is 0.220 e. The molecule has 100 valence electrons. The van der Waals surface area contributed by atoms with Crippen LogP contribution in [0.2, 0.25) is 0 Å². The molecule has 0 saturated carbocycles. The molecule has 0 aromatic heterocycles. The van der Waals surface area contributed by atoms with Crippen molar-refractivity contribution in [3.63, 3.8) is 0 Å². The van der Waals surface area contributed by atoms with Crippen molar-refractivity contribution < 1.29 is 9.59 Å². The third kappa shape index (κ3) is 6.23. The molecular formula is C14H22N2O2. The molecule has 1 rings (SSSR count). The molecule has 2 N–H and O–H groups in total. The molecule has 0 heterocycles. The number of hydrogen-bond donors (Lipinski definition) is 2. The zero-order valence-corrected chi connectivity index (χ0v) is 10.9. The van der Waals surface area contributed by atoms with Crippen LogP contribution in [0, 0.1) is 5.92 Å². The summed E-state index contributed by atoms with van der Waals surface area (Å²) >= 11 is 0. The van der Waals surface area contributed by atoms with Gasteiger partial charge in [0.1, 0.15) is 0 Å². The number of amides is 2. The number of carbonyl (C=O) groups excluding carboxylic acids is 2. The molecular weight excluding hydrogens is 228 g/mol. The predicted octanol–water partition coefficient (Wildman–Crippen LogP) is 1.54. The van der Waals surface area contributed by atoms with E-state index < -0.39 is 0 Å². The predicted molar refractivity (Wildman–Crippen MR) is 71.9 cm³/mol. The molecule has 1 atom stereocenters. The molecule has 0 saturated heterocycles. The van der Waals surface area contributed by atoms with Crippen molar-refractivity contribution in [2.45, 2.75) is 32.6 Å². The molecule has 1 aliphatic rings. The van der Waals surface area contributed by atoms with Crippen LogP contribution in [0.15, 0.2) is 23.8 Å². The number of carbonyl (C=O) groups is 2. The third-order valence-corrected chi connectivity index (χ3v) is 2.94. The SMILES string of the molecule is CC1C=CC(CNC(=O)CCCCNC=O)=CC1. The molecule has 1 unspecified atom stereocenters. The van der Waals surface area contributed by atoms with Crippen LogP contribution in [0.4, 0.5) is 0 Å². The van der Waals surface area contributed by atoms with Crippen LogP contribution in [0.1, 0.15) is 32.6 Å². The fourth-order valence-corrected chi connectivity index (χ4v) is 1.76. The Morgan fingerprint density at radius 1 is 1.50 bits per heavy atom. The maximum atomic E-state index is 11.5. The van der Waals surface area contributed by atoms with Gasteiger partial charge in [-0.2, -0.15) is 0 Å². The van der Waals surface area contributed by atoms with E-state index in [4.69, 9.17) is 0 Å². The van der Waals surface area contributed by atoms with E-state index in [-0.39, 0.29) is 5.91 Å². The van der Waals surface area contributed by atoms with E-state index in [0.717, 1.165) is 19.3 Å². The Labute approximate surface area is 109 Å². The van der Waals surface area contributed by atoms with Gasteiger partial charge in [0.05, 0.1) is 0 Å². The Hall–Kier alpha value is -1.58. The van der Waals surface area contributed by atoms with Gasteiger partial charge in [0.15, 0.2) is 0 Å². The summed E-state index contributed by atoms with van der Waals surface area (Å²) in [5.74, 6) is 0.684. The van der Waals surface area contributed by atoms with Crippen molar-refractivity contribution in [2.24, 2.45) is 5.92 Å². The number of unbranched alkanes of at least 4 members (excludes halogenated alkanes) is 1. The van der Waals surface area contributed by atoms with Crippen LogP contribution in [0.5, 0.6) is 0 Å². The topological polar surface area (TPSA) is 58.2 Å². The minimum absolute atomic E-state index is 0.0778. The maximum absolute atomic E-state index is 11.5. The van der Waals surface area contributed by atoms with Crippen LogP contribution in [0.3, 0.4) is 0 Å². The standard InChI is InChI=1S/C14H22N2O2/c1-12-5-7-13(8-6-12)10-16-14(18)4-2-3-9-15-11-17/h5,7-8,11-12H,2-4,6,9-10H2,1H3,(H,15,17)(H,16,18). The second-order valence-electron chi connectivity index (χ2n) is 4.66. The zero-order valence-electron chi connectivity index (χ0n) is 10.9. The van der Waals surface area contributed by atoms with Gasteiger partial charge in [-0.05, 0) is 30.8 Å². The summed E-state index contributed by atoms with van der Waals surface area (Å²) in [6.07, 6.45) is 10.3. The Bertz CT molecular complexity index is 335. The Morgan fingerprint density at radius 3 is 3.00 bits per heavy atom. The third-order valence-electron chi connectivity index (χ3n) is 2.94.